The highest BCUT2D eigenvalue weighted by molar-refractivity contribution is 7.83. The van der Waals surface area contributed by atoms with Crippen molar-refractivity contribution in [2.75, 3.05) is 23.0 Å². The molecule has 0 N–H and O–H groups in total. The minimum Gasteiger partial charge on any atom is -0.179 e. The second-order valence-electron chi connectivity index (χ2n) is 19.1. The van der Waals surface area contributed by atoms with Crippen molar-refractivity contribution < 1.29 is 0 Å². The van der Waals surface area contributed by atoms with Gasteiger partial charge in [-0.2, -0.15) is 75.8 Å². The van der Waals surface area contributed by atoms with Gasteiger partial charge in [-0.25, -0.2) is 0 Å². The number of hydrogen-bond acceptors (Lipinski definition) is 6. The third kappa shape index (κ3) is 40.4. The minimum absolute atomic E-state index is 0.292. The van der Waals surface area contributed by atoms with Gasteiger partial charge in [0, 0.05) is 11.0 Å². The van der Waals surface area contributed by atoms with E-state index in [2.05, 4.69) is 68.9 Å². The van der Waals surface area contributed by atoms with Gasteiger partial charge < -0.3 is 0 Å². The summed E-state index contributed by atoms with van der Waals surface area (Å²) < 4.78 is 0. The molecule has 0 saturated carbocycles. The zero-order valence-corrected chi connectivity index (χ0v) is 45.6. The lowest BCUT2D eigenvalue weighted by molar-refractivity contribution is 0.125. The fourth-order valence-corrected chi connectivity index (χ4v) is 11.6. The fourth-order valence-electron chi connectivity index (χ4n) is 9.95. The van der Waals surface area contributed by atoms with E-state index >= 15 is 0 Å². The van der Waals surface area contributed by atoms with E-state index in [1.807, 2.05) is 0 Å². The van der Waals surface area contributed by atoms with Crippen LogP contribution >= 0.6 is 75.8 Å². The molecule has 0 spiro atoms. The predicted molar refractivity (Wildman–Crippen MR) is 299 cm³/mol. The molecule has 0 bridgehead atoms. The van der Waals surface area contributed by atoms with Gasteiger partial charge in [-0.3, -0.25) is 0 Å². The highest BCUT2D eigenvalue weighted by atomic mass is 32.1. The quantitative estimate of drug-likeness (QED) is 0.0254. The van der Waals surface area contributed by atoms with Crippen molar-refractivity contribution in [3.05, 3.63) is 11.0 Å². The summed E-state index contributed by atoms with van der Waals surface area (Å²) in [5, 5.41) is 1.61. The molecule has 0 nitrogen and oxygen atoms in total. The fraction of sp³-hybridized carbons (Fsp3) is 0.963. The largest absolute Gasteiger partial charge is 0.179 e. The lowest BCUT2D eigenvalue weighted by Crippen LogP contribution is -2.36. The lowest BCUT2D eigenvalue weighted by Gasteiger charge is -2.46. The molecule has 0 aliphatic heterocycles. The summed E-state index contributed by atoms with van der Waals surface area (Å²) in [6, 6.07) is 0. The van der Waals surface area contributed by atoms with E-state index in [1.165, 1.54) is 289 Å². The third-order valence-corrected chi connectivity index (χ3v) is 16.0. The monoisotopic (exact) mass is 949 g/mol. The van der Waals surface area contributed by atoms with E-state index in [1.54, 1.807) is 5.25 Å². The molecule has 0 aromatic rings. The molecule has 0 rings (SSSR count). The summed E-state index contributed by atoms with van der Waals surface area (Å²) in [6.45, 7) is 0. The van der Waals surface area contributed by atoms with Crippen LogP contribution in [0.15, 0.2) is 0 Å². The molecule has 6 heteroatoms. The molecular formula is C54H108S6. The Morgan fingerprint density at radius 1 is 0.317 bits per heavy atom. The average molecular weight is 950 g/mol. The molecule has 0 fully saturated rings. The van der Waals surface area contributed by atoms with Crippen LogP contribution in [0.5, 0.6) is 0 Å². The molecule has 0 saturated heterocycles. The Bertz CT molecular complexity index is 753. The van der Waals surface area contributed by atoms with Crippen LogP contribution in [0, 0.1) is 22.3 Å². The molecule has 1 atom stereocenters. The Labute approximate surface area is 413 Å². The molecular weight excluding hydrogens is 841 g/mol. The summed E-state index contributed by atoms with van der Waals surface area (Å²) in [5.41, 5.74) is 0.292. The molecule has 0 aliphatic carbocycles. The predicted octanol–water partition coefficient (Wildman–Crippen LogP) is 20.8. The summed E-state index contributed by atoms with van der Waals surface area (Å²) in [5.74, 6) is 7.11. The van der Waals surface area contributed by atoms with E-state index < -0.39 is 0 Å². The Morgan fingerprint density at radius 3 is 0.850 bits per heavy atom. The summed E-state index contributed by atoms with van der Waals surface area (Å²) in [7, 11) is 0. The van der Waals surface area contributed by atoms with Crippen molar-refractivity contribution in [2.24, 2.45) is 11.3 Å². The normalized spacial score (nSPS) is 12.7. The Kier molecular flexibility index (Phi) is 53.9. The topological polar surface area (TPSA) is 0 Å². The second-order valence-corrected chi connectivity index (χ2v) is 21.8. The van der Waals surface area contributed by atoms with Crippen LogP contribution in [-0.4, -0.2) is 23.0 Å². The van der Waals surface area contributed by atoms with Crippen molar-refractivity contribution in [3.8, 4) is 0 Å². The zero-order valence-electron chi connectivity index (χ0n) is 40.2. The lowest BCUT2D eigenvalue weighted by atomic mass is 9.62. The third-order valence-electron chi connectivity index (χ3n) is 13.8. The maximum Gasteiger partial charge on any atom is 0.0338 e. The molecule has 0 aliphatic rings. The van der Waals surface area contributed by atoms with Crippen molar-refractivity contribution >= 4 is 75.8 Å². The van der Waals surface area contributed by atoms with Crippen molar-refractivity contribution in [2.45, 2.75) is 295 Å². The van der Waals surface area contributed by atoms with Gasteiger partial charge in [0.05, 0.1) is 0 Å². The Balaban J connectivity index is 5.58. The first kappa shape index (κ1) is 62.1. The molecule has 0 aromatic carbocycles. The van der Waals surface area contributed by atoms with Gasteiger partial charge in [0.15, 0.2) is 0 Å². The molecule has 1 unspecified atom stereocenters. The van der Waals surface area contributed by atoms with E-state index in [0.29, 0.717) is 5.41 Å². The van der Waals surface area contributed by atoms with Gasteiger partial charge in [-0.15, -0.1) is 0 Å². The summed E-state index contributed by atoms with van der Waals surface area (Å²) in [6.07, 6.45) is 63.6. The zero-order chi connectivity index (χ0) is 43.7. The van der Waals surface area contributed by atoms with Crippen LogP contribution in [0.4, 0.5) is 0 Å². The summed E-state index contributed by atoms with van der Waals surface area (Å²) in [4.78, 5) is 0. The smallest absolute Gasteiger partial charge is 0.0338 e. The SMILES string of the molecule is S[CH]CCC(CCCCCCCCCCCCS)C(CCCCCCCCCCCCS)(CCCCCCCCCCCCS)[C](S)CCCCCCCCCCCCS. The van der Waals surface area contributed by atoms with Gasteiger partial charge in [-0.1, -0.05) is 231 Å². The van der Waals surface area contributed by atoms with E-state index in [0.717, 1.165) is 35.4 Å². The van der Waals surface area contributed by atoms with Gasteiger partial charge in [-0.05, 0) is 98.6 Å². The van der Waals surface area contributed by atoms with Crippen LogP contribution in [0.25, 0.3) is 0 Å². The number of unbranched alkanes of at least 4 members (excludes halogenated alkanes) is 36. The van der Waals surface area contributed by atoms with Gasteiger partial charge in [0.25, 0.3) is 0 Å². The molecule has 60 heavy (non-hydrogen) atoms. The van der Waals surface area contributed by atoms with Crippen LogP contribution < -0.4 is 0 Å². The maximum absolute atomic E-state index is 5.68. The number of rotatable bonds is 53. The average Bonchev–Trinajstić information content (AvgIpc) is 3.26. The van der Waals surface area contributed by atoms with Gasteiger partial charge >= 0.3 is 0 Å². The first-order chi connectivity index (χ1) is 29.6. The van der Waals surface area contributed by atoms with Crippen LogP contribution in [0.2, 0.25) is 0 Å². The summed E-state index contributed by atoms with van der Waals surface area (Å²) >= 11 is 27.9. The van der Waals surface area contributed by atoms with Crippen molar-refractivity contribution in [1.29, 1.82) is 0 Å². The van der Waals surface area contributed by atoms with Crippen molar-refractivity contribution in [3.63, 3.8) is 0 Å². The molecule has 2 radical (unpaired) electrons. The van der Waals surface area contributed by atoms with Crippen LogP contribution in [0.1, 0.15) is 295 Å². The minimum atomic E-state index is 0.292. The first-order valence-corrected chi connectivity index (χ1v) is 30.6. The Morgan fingerprint density at radius 2 is 0.567 bits per heavy atom. The highest BCUT2D eigenvalue weighted by Gasteiger charge is 2.42. The number of thiol groups is 6. The molecule has 0 amide bonds. The maximum atomic E-state index is 5.68. The second kappa shape index (κ2) is 52.1. The number of hydrogen-bond donors (Lipinski definition) is 6. The van der Waals surface area contributed by atoms with E-state index in [4.69, 9.17) is 12.6 Å². The molecule has 0 heterocycles. The van der Waals surface area contributed by atoms with Crippen LogP contribution in [-0.2, 0) is 0 Å². The standard InChI is InChI=1S/C54H108S6/c55-47-37-29-21-13-5-1-9-17-25-33-42-52(43-41-51-59)54(45-35-27-19-11-3-7-15-23-31-39-49-57,46-36-28-20-12-4-8-16-24-32-40-50-58)53(60)44-34-26-18-10-2-6-14-22-30-38-48-56/h51-52,55-60H,1-50H2. The van der Waals surface area contributed by atoms with E-state index in [9.17, 15) is 0 Å². The van der Waals surface area contributed by atoms with Crippen LogP contribution in [0.3, 0.4) is 0 Å². The first-order valence-electron chi connectivity index (χ1n) is 27.1. The van der Waals surface area contributed by atoms with Gasteiger partial charge in [0.1, 0.15) is 0 Å². The molecule has 360 valence electrons. The van der Waals surface area contributed by atoms with Crippen molar-refractivity contribution in [1.82, 2.24) is 0 Å². The Hall–Kier alpha value is 2.10. The van der Waals surface area contributed by atoms with E-state index in [-0.39, 0.29) is 0 Å². The highest BCUT2D eigenvalue weighted by Crippen LogP contribution is 2.54. The van der Waals surface area contributed by atoms with Gasteiger partial charge in [0.2, 0.25) is 0 Å². The molecule has 0 aromatic heterocycles.